The van der Waals surface area contributed by atoms with Crippen molar-refractivity contribution in [1.29, 1.82) is 0 Å². The van der Waals surface area contributed by atoms with Crippen molar-refractivity contribution in [3.8, 4) is 5.75 Å². The van der Waals surface area contributed by atoms with Gasteiger partial charge in [0.1, 0.15) is 5.75 Å². The Labute approximate surface area is 129 Å². The smallest absolute Gasteiger partial charge is 0.124 e. The first-order valence-corrected chi connectivity index (χ1v) is 7.71. The van der Waals surface area contributed by atoms with Crippen LogP contribution in [0.5, 0.6) is 5.75 Å². The fourth-order valence-corrected chi connectivity index (χ4v) is 2.60. The summed E-state index contributed by atoms with van der Waals surface area (Å²) in [6.45, 7) is 2.82. The van der Waals surface area contributed by atoms with Crippen LogP contribution >= 0.6 is 15.9 Å². The molecule has 2 aromatic rings. The van der Waals surface area contributed by atoms with Crippen LogP contribution in [0.2, 0.25) is 0 Å². The van der Waals surface area contributed by atoms with E-state index in [-0.39, 0.29) is 6.04 Å². The molecule has 0 aliphatic carbocycles. The van der Waals surface area contributed by atoms with Gasteiger partial charge in [-0.3, -0.25) is 0 Å². The van der Waals surface area contributed by atoms with Gasteiger partial charge in [-0.25, -0.2) is 0 Å². The summed E-state index contributed by atoms with van der Waals surface area (Å²) in [5.41, 5.74) is 8.64. The van der Waals surface area contributed by atoms with Crippen LogP contribution in [0.25, 0.3) is 0 Å². The van der Waals surface area contributed by atoms with E-state index in [9.17, 15) is 0 Å². The average molecular weight is 334 g/mol. The van der Waals surface area contributed by atoms with Crippen LogP contribution in [0.3, 0.4) is 0 Å². The number of hydrogen-bond donors (Lipinski definition) is 1. The van der Waals surface area contributed by atoms with Gasteiger partial charge < -0.3 is 10.5 Å². The molecule has 2 aromatic carbocycles. The van der Waals surface area contributed by atoms with Gasteiger partial charge in [0.2, 0.25) is 0 Å². The zero-order valence-corrected chi connectivity index (χ0v) is 13.3. The van der Waals surface area contributed by atoms with Crippen molar-refractivity contribution in [3.63, 3.8) is 0 Å². The molecule has 0 spiro atoms. The summed E-state index contributed by atoms with van der Waals surface area (Å²) in [7, 11) is 0. The quantitative estimate of drug-likeness (QED) is 0.845. The molecule has 0 bridgehead atoms. The lowest BCUT2D eigenvalue weighted by atomic mass is 9.99. The van der Waals surface area contributed by atoms with Crippen molar-refractivity contribution in [2.75, 3.05) is 6.61 Å². The molecule has 2 rings (SSSR count). The highest BCUT2D eigenvalue weighted by Crippen LogP contribution is 2.26. The summed E-state index contributed by atoms with van der Waals surface area (Å²) >= 11 is 3.49. The van der Waals surface area contributed by atoms with Crippen molar-refractivity contribution in [1.82, 2.24) is 0 Å². The van der Waals surface area contributed by atoms with Crippen LogP contribution in [0, 0.1) is 0 Å². The zero-order valence-electron chi connectivity index (χ0n) is 11.7. The average Bonchev–Trinajstić information content (AvgIpc) is 2.45. The molecule has 0 radical (unpaired) electrons. The molecule has 0 amide bonds. The number of benzene rings is 2. The topological polar surface area (TPSA) is 35.2 Å². The summed E-state index contributed by atoms with van der Waals surface area (Å²) in [5, 5.41) is 0. The van der Waals surface area contributed by atoms with Crippen molar-refractivity contribution >= 4 is 15.9 Å². The summed E-state index contributed by atoms with van der Waals surface area (Å²) in [6.07, 6.45) is 1.79. The second-order valence-corrected chi connectivity index (χ2v) is 5.74. The molecule has 1 atom stereocenters. The molecule has 2 nitrogen and oxygen atoms in total. The molecule has 0 aliphatic heterocycles. The van der Waals surface area contributed by atoms with Crippen LogP contribution < -0.4 is 10.5 Å². The minimum absolute atomic E-state index is 0.0580. The molecule has 1 unspecified atom stereocenters. The molecule has 20 heavy (non-hydrogen) atoms. The first-order valence-electron chi connectivity index (χ1n) is 6.92. The van der Waals surface area contributed by atoms with E-state index in [0.29, 0.717) is 0 Å². The molecule has 106 valence electrons. The van der Waals surface area contributed by atoms with Gasteiger partial charge in [0, 0.05) is 16.1 Å². The van der Waals surface area contributed by atoms with Crippen molar-refractivity contribution in [2.45, 2.75) is 25.8 Å². The SMILES string of the molecule is CCCOc1ccccc1C(N)Cc1cccc(Br)c1. The molecule has 2 N–H and O–H groups in total. The first-order chi connectivity index (χ1) is 9.70. The van der Waals surface area contributed by atoms with Gasteiger partial charge in [-0.15, -0.1) is 0 Å². The van der Waals surface area contributed by atoms with Gasteiger partial charge in [0.15, 0.2) is 0 Å². The maximum atomic E-state index is 6.35. The highest BCUT2D eigenvalue weighted by Gasteiger charge is 2.12. The number of rotatable bonds is 6. The van der Waals surface area contributed by atoms with E-state index in [1.165, 1.54) is 5.56 Å². The van der Waals surface area contributed by atoms with Crippen molar-refractivity contribution < 1.29 is 4.74 Å². The third kappa shape index (κ3) is 4.09. The summed E-state index contributed by atoms with van der Waals surface area (Å²) in [4.78, 5) is 0. The van der Waals surface area contributed by atoms with Gasteiger partial charge in [0.25, 0.3) is 0 Å². The number of para-hydroxylation sites is 1. The van der Waals surface area contributed by atoms with Crippen LogP contribution in [0.1, 0.15) is 30.5 Å². The van der Waals surface area contributed by atoms with E-state index in [2.05, 4.69) is 35.0 Å². The molecule has 0 aliphatic rings. The van der Waals surface area contributed by atoms with E-state index < -0.39 is 0 Å². The fourth-order valence-electron chi connectivity index (χ4n) is 2.16. The molecule has 3 heteroatoms. The van der Waals surface area contributed by atoms with E-state index in [0.717, 1.165) is 35.2 Å². The number of hydrogen-bond acceptors (Lipinski definition) is 2. The summed E-state index contributed by atoms with van der Waals surface area (Å²) in [6, 6.07) is 16.2. The molecular weight excluding hydrogens is 314 g/mol. The lowest BCUT2D eigenvalue weighted by Gasteiger charge is -2.17. The lowest BCUT2D eigenvalue weighted by molar-refractivity contribution is 0.312. The van der Waals surface area contributed by atoms with Crippen LogP contribution in [0.15, 0.2) is 53.0 Å². The molecule has 0 aromatic heterocycles. The first kappa shape index (κ1) is 15.1. The standard InChI is InChI=1S/C17H20BrNO/c1-2-10-20-17-9-4-3-8-15(17)16(19)12-13-6-5-7-14(18)11-13/h3-9,11,16H,2,10,12,19H2,1H3. The third-order valence-corrected chi connectivity index (χ3v) is 3.62. The number of ether oxygens (including phenoxy) is 1. The van der Waals surface area contributed by atoms with E-state index >= 15 is 0 Å². The Bertz CT molecular complexity index is 556. The molecule has 0 heterocycles. The van der Waals surface area contributed by atoms with Gasteiger partial charge in [-0.05, 0) is 36.6 Å². The Balaban J connectivity index is 2.14. The Morgan fingerprint density at radius 2 is 1.95 bits per heavy atom. The van der Waals surface area contributed by atoms with Gasteiger partial charge in [-0.1, -0.05) is 53.2 Å². The van der Waals surface area contributed by atoms with E-state index in [4.69, 9.17) is 10.5 Å². The maximum absolute atomic E-state index is 6.35. The van der Waals surface area contributed by atoms with Crippen LogP contribution in [-0.2, 0) is 6.42 Å². The largest absolute Gasteiger partial charge is 0.493 e. The Morgan fingerprint density at radius 3 is 2.70 bits per heavy atom. The van der Waals surface area contributed by atoms with E-state index in [1.807, 2.05) is 36.4 Å². The highest BCUT2D eigenvalue weighted by molar-refractivity contribution is 9.10. The second-order valence-electron chi connectivity index (χ2n) is 4.83. The fraction of sp³-hybridized carbons (Fsp3) is 0.294. The summed E-state index contributed by atoms with van der Waals surface area (Å²) in [5.74, 6) is 0.900. The lowest BCUT2D eigenvalue weighted by Crippen LogP contribution is -2.15. The summed E-state index contributed by atoms with van der Waals surface area (Å²) < 4.78 is 6.86. The van der Waals surface area contributed by atoms with Gasteiger partial charge in [0.05, 0.1) is 6.61 Å². The Kier molecular flexibility index (Phi) is 5.62. The van der Waals surface area contributed by atoms with Gasteiger partial charge >= 0.3 is 0 Å². The monoisotopic (exact) mass is 333 g/mol. The molecule has 0 fully saturated rings. The predicted molar refractivity (Wildman–Crippen MR) is 87.0 cm³/mol. The van der Waals surface area contributed by atoms with E-state index in [1.54, 1.807) is 0 Å². The van der Waals surface area contributed by atoms with Crippen molar-refractivity contribution in [3.05, 3.63) is 64.1 Å². The maximum Gasteiger partial charge on any atom is 0.124 e. The predicted octanol–water partition coefficient (Wildman–Crippen LogP) is 4.48. The zero-order chi connectivity index (χ0) is 14.4. The van der Waals surface area contributed by atoms with Crippen molar-refractivity contribution in [2.24, 2.45) is 5.73 Å². The van der Waals surface area contributed by atoms with Gasteiger partial charge in [-0.2, -0.15) is 0 Å². The molecular formula is C17H20BrNO. The third-order valence-electron chi connectivity index (χ3n) is 3.12. The molecule has 0 saturated heterocycles. The van der Waals surface area contributed by atoms with Crippen LogP contribution in [-0.4, -0.2) is 6.61 Å². The number of halogens is 1. The minimum Gasteiger partial charge on any atom is -0.493 e. The normalized spacial score (nSPS) is 12.2. The minimum atomic E-state index is -0.0580. The Morgan fingerprint density at radius 1 is 1.15 bits per heavy atom. The van der Waals surface area contributed by atoms with Crippen LogP contribution in [0.4, 0.5) is 0 Å². The highest BCUT2D eigenvalue weighted by atomic mass is 79.9. The Hall–Kier alpha value is -1.32. The number of nitrogens with two attached hydrogens (primary N) is 1. The molecule has 0 saturated carbocycles. The second kappa shape index (κ2) is 7.46.